The molecule has 0 spiro atoms. The van der Waals surface area contributed by atoms with Crippen molar-refractivity contribution in [3.8, 4) is 11.5 Å². The van der Waals surface area contributed by atoms with E-state index in [1.54, 1.807) is 0 Å². The van der Waals surface area contributed by atoms with Gasteiger partial charge in [-0.1, -0.05) is 41.5 Å². The third kappa shape index (κ3) is 7.30. The fourth-order valence-electron chi connectivity index (χ4n) is 2.17. The molecule has 150 valence electrons. The Bertz CT molecular complexity index is 768. The summed E-state index contributed by atoms with van der Waals surface area (Å²) in [7, 11) is -2.55. The Balaban J connectivity index is 0.00000176. The minimum absolute atomic E-state index is 0.0973. The molecule has 2 aromatic carbocycles. The smallest absolute Gasteiger partial charge is 0.119 e. The first-order valence-electron chi connectivity index (χ1n) is 9.55. The van der Waals surface area contributed by atoms with Crippen LogP contribution in [-0.4, -0.2) is 23.3 Å². The maximum atomic E-state index is 13.2. The molecule has 0 saturated heterocycles. The zero-order valence-corrected chi connectivity index (χ0v) is 18.4. The van der Waals surface area contributed by atoms with Gasteiger partial charge in [0.05, 0.1) is 13.2 Å². The van der Waals surface area contributed by atoms with E-state index >= 15 is 0 Å². The Morgan fingerprint density at radius 3 is 1.63 bits per heavy atom. The molecule has 0 N–H and O–H groups in total. The summed E-state index contributed by atoms with van der Waals surface area (Å²) in [5, 5.41) is 0. The lowest BCUT2D eigenvalue weighted by Crippen LogP contribution is -2.16. The van der Waals surface area contributed by atoms with Crippen LogP contribution in [0.2, 0.25) is 0 Å². The summed E-state index contributed by atoms with van der Waals surface area (Å²) in [5.74, 6) is 5.52. The number of hydrogen-bond donors (Lipinski definition) is 0. The van der Waals surface area contributed by atoms with Crippen LogP contribution in [0.15, 0.2) is 58.3 Å². The highest BCUT2D eigenvalue weighted by Gasteiger charge is 2.13. The van der Waals surface area contributed by atoms with Gasteiger partial charge in [-0.05, 0) is 66.2 Å². The van der Waals surface area contributed by atoms with Crippen LogP contribution >= 0.6 is 0 Å². The van der Waals surface area contributed by atoms with Crippen molar-refractivity contribution in [1.82, 2.24) is 0 Å². The molecule has 2 aromatic rings. The molecule has 3 nitrogen and oxygen atoms in total. The van der Waals surface area contributed by atoms with Gasteiger partial charge in [0.25, 0.3) is 0 Å². The van der Waals surface area contributed by atoms with Crippen molar-refractivity contribution in [2.75, 3.05) is 13.2 Å². The summed E-state index contributed by atoms with van der Waals surface area (Å²) < 4.78 is 24.5. The monoisotopic (exact) mass is 390 g/mol. The average Bonchev–Trinajstić information content (AvgIpc) is 2.66. The molecular weight excluding hydrogens is 356 g/mol. The van der Waals surface area contributed by atoms with E-state index in [0.717, 1.165) is 17.9 Å². The molecule has 1 atom stereocenters. The molecule has 0 bridgehead atoms. The van der Waals surface area contributed by atoms with E-state index in [2.05, 4.69) is 33.6 Å². The van der Waals surface area contributed by atoms with Gasteiger partial charge in [0.15, 0.2) is 0 Å². The molecule has 0 amide bonds. The molecular formula is C23H34O3S. The Morgan fingerprint density at radius 2 is 1.26 bits per heavy atom. The lowest BCUT2D eigenvalue weighted by molar-refractivity contribution is 0.198. The summed E-state index contributed by atoms with van der Waals surface area (Å²) in [6.07, 6.45) is 0.956. The van der Waals surface area contributed by atoms with E-state index in [1.807, 2.05) is 62.4 Å². The van der Waals surface area contributed by atoms with Crippen LogP contribution in [0.25, 0.3) is 0 Å². The molecule has 0 aliphatic carbocycles. The summed E-state index contributed by atoms with van der Waals surface area (Å²) in [6, 6.07) is 14.7. The molecule has 2 rings (SSSR count). The lowest BCUT2D eigenvalue weighted by Gasteiger charge is -2.19. The topological polar surface area (TPSA) is 35.5 Å². The van der Waals surface area contributed by atoms with Gasteiger partial charge < -0.3 is 9.47 Å². The minimum Gasteiger partial charge on any atom is -0.494 e. The molecule has 0 aromatic heterocycles. The molecule has 4 heteroatoms. The summed E-state index contributed by atoms with van der Waals surface area (Å²) >= 11 is 0. The Morgan fingerprint density at radius 1 is 0.852 bits per heavy atom. The number of ether oxygens (including phenoxy) is 2. The number of rotatable bonds is 7. The van der Waals surface area contributed by atoms with Crippen molar-refractivity contribution >= 4 is 15.4 Å². The Kier molecular flexibility index (Phi) is 8.91. The third-order valence-electron chi connectivity index (χ3n) is 3.55. The number of benzene rings is 2. The lowest BCUT2D eigenvalue weighted by atomic mass is 9.99. The second kappa shape index (κ2) is 10.4. The van der Waals surface area contributed by atoms with Crippen LogP contribution in [0.3, 0.4) is 0 Å². The van der Waals surface area contributed by atoms with Crippen molar-refractivity contribution in [2.45, 2.75) is 57.8 Å². The molecule has 1 unspecified atom stereocenters. The Labute approximate surface area is 165 Å². The number of hydrogen-bond acceptors (Lipinski definition) is 3. The largest absolute Gasteiger partial charge is 0.494 e. The highest BCUT2D eigenvalue weighted by Crippen LogP contribution is 2.25. The van der Waals surface area contributed by atoms with E-state index in [0.29, 0.717) is 23.0 Å². The van der Waals surface area contributed by atoms with E-state index in [-0.39, 0.29) is 5.41 Å². The average molecular weight is 391 g/mol. The first-order valence-corrected chi connectivity index (χ1v) is 11.3. The van der Waals surface area contributed by atoms with Gasteiger partial charge in [0, 0.05) is 19.3 Å². The first-order chi connectivity index (χ1) is 12.7. The van der Waals surface area contributed by atoms with Crippen LogP contribution in [-0.2, 0) is 9.52 Å². The van der Waals surface area contributed by atoms with E-state index in [4.69, 9.17) is 9.47 Å². The highest BCUT2D eigenvalue weighted by atomic mass is 32.2. The third-order valence-corrected chi connectivity index (χ3v) is 5.62. The normalized spacial score (nSPS) is 13.1. The summed E-state index contributed by atoms with van der Waals surface area (Å²) in [5.41, 5.74) is 0.0973. The van der Waals surface area contributed by atoms with Crippen molar-refractivity contribution in [3.05, 3.63) is 48.5 Å². The van der Waals surface area contributed by atoms with Gasteiger partial charge in [0.2, 0.25) is 0 Å². The molecule has 0 radical (unpaired) electrons. The zero-order chi connectivity index (χ0) is 20.5. The fourth-order valence-corrected chi connectivity index (χ4v) is 3.59. The predicted molar refractivity (Wildman–Crippen MR) is 117 cm³/mol. The van der Waals surface area contributed by atoms with Crippen LogP contribution in [0.4, 0.5) is 0 Å². The van der Waals surface area contributed by atoms with Gasteiger partial charge in [-0.15, -0.1) is 0 Å². The predicted octanol–water partition coefficient (Wildman–Crippen LogP) is 6.06. The van der Waals surface area contributed by atoms with Gasteiger partial charge in [-0.3, -0.25) is 4.21 Å². The molecule has 0 heterocycles. The quantitative estimate of drug-likeness (QED) is 0.539. The van der Waals surface area contributed by atoms with Crippen molar-refractivity contribution in [1.29, 1.82) is 0 Å². The molecule has 0 saturated carbocycles. The SMILES string of the molecule is C=S(=O)(c1ccc(OCCC)cc1)c1ccc(OCC(C)(C)C)cc1.CC. The van der Waals surface area contributed by atoms with E-state index in [9.17, 15) is 4.21 Å². The molecule has 0 aliphatic heterocycles. The van der Waals surface area contributed by atoms with Crippen LogP contribution in [0.5, 0.6) is 11.5 Å². The van der Waals surface area contributed by atoms with Crippen LogP contribution < -0.4 is 9.47 Å². The molecule has 0 fully saturated rings. The molecule has 0 aliphatic rings. The van der Waals surface area contributed by atoms with Crippen LogP contribution in [0.1, 0.15) is 48.0 Å². The maximum absolute atomic E-state index is 13.2. The summed E-state index contributed by atoms with van der Waals surface area (Å²) in [6.45, 7) is 13.7. The van der Waals surface area contributed by atoms with Gasteiger partial charge in [-0.2, -0.15) is 0 Å². The van der Waals surface area contributed by atoms with Gasteiger partial charge >= 0.3 is 0 Å². The molecule has 27 heavy (non-hydrogen) atoms. The summed E-state index contributed by atoms with van der Waals surface area (Å²) in [4.78, 5) is 1.39. The second-order valence-electron chi connectivity index (χ2n) is 7.32. The Hall–Kier alpha value is -1.94. The van der Waals surface area contributed by atoms with E-state index < -0.39 is 9.52 Å². The maximum Gasteiger partial charge on any atom is 0.119 e. The van der Waals surface area contributed by atoms with Crippen molar-refractivity contribution in [3.63, 3.8) is 0 Å². The van der Waals surface area contributed by atoms with Gasteiger partial charge in [-0.25, -0.2) is 0 Å². The van der Waals surface area contributed by atoms with Crippen LogP contribution in [0, 0.1) is 5.41 Å². The fraction of sp³-hybridized carbons (Fsp3) is 0.435. The second-order valence-corrected chi connectivity index (χ2v) is 9.61. The van der Waals surface area contributed by atoms with Crippen molar-refractivity contribution < 1.29 is 13.7 Å². The zero-order valence-electron chi connectivity index (χ0n) is 17.6. The first kappa shape index (κ1) is 23.1. The highest BCUT2D eigenvalue weighted by molar-refractivity contribution is 8.00. The van der Waals surface area contributed by atoms with Gasteiger partial charge in [0.1, 0.15) is 11.5 Å². The van der Waals surface area contributed by atoms with E-state index in [1.165, 1.54) is 0 Å². The standard InChI is InChI=1S/C21H28O3S.C2H6/c1-6-15-23-17-7-11-19(12-8-17)25(5,22)20-13-9-18(10-14-20)24-16-21(2,3)4;1-2/h7-14H,5-6,15-16H2,1-4H3;1-2H3. The van der Waals surface area contributed by atoms with Crippen molar-refractivity contribution in [2.24, 2.45) is 5.41 Å². The minimum atomic E-state index is -2.55.